The van der Waals surface area contributed by atoms with Crippen LogP contribution in [0.2, 0.25) is 0 Å². The summed E-state index contributed by atoms with van der Waals surface area (Å²) >= 11 is 3.80. The lowest BCUT2D eigenvalue weighted by atomic mass is 9.37. The summed E-state index contributed by atoms with van der Waals surface area (Å²) in [6, 6.07) is 59.3. The molecule has 0 fully saturated rings. The average molecular weight is 668 g/mol. The maximum Gasteiger partial charge on any atom is 0.248 e. The third kappa shape index (κ3) is 3.52. The van der Waals surface area contributed by atoms with Crippen LogP contribution >= 0.6 is 22.7 Å². The molecule has 0 radical (unpaired) electrons. The molecule has 4 heteroatoms. The Morgan fingerprint density at radius 1 is 0.420 bits per heavy atom. The molecule has 12 rings (SSSR count). The molecule has 8 aromatic carbocycles. The third-order valence-corrected chi connectivity index (χ3v) is 13.3. The van der Waals surface area contributed by atoms with Gasteiger partial charge in [-0.15, -0.1) is 22.7 Å². The van der Waals surface area contributed by atoms with E-state index in [1.807, 2.05) is 22.7 Å². The molecule has 0 amide bonds. The Bertz CT molecular complexity index is 3070. The van der Waals surface area contributed by atoms with Crippen LogP contribution in [0, 0.1) is 0 Å². The number of rotatable bonds is 2. The van der Waals surface area contributed by atoms with Crippen molar-refractivity contribution in [3.63, 3.8) is 0 Å². The van der Waals surface area contributed by atoms with Crippen molar-refractivity contribution in [2.45, 2.75) is 0 Å². The van der Waals surface area contributed by atoms with E-state index in [1.54, 1.807) is 0 Å². The summed E-state index contributed by atoms with van der Waals surface area (Å²) in [5.41, 5.74) is 13.3. The summed E-state index contributed by atoms with van der Waals surface area (Å²) in [6.07, 6.45) is 0. The predicted octanol–water partition coefficient (Wildman–Crippen LogP) is 11.5. The van der Waals surface area contributed by atoms with E-state index in [-0.39, 0.29) is 6.71 Å². The first-order chi connectivity index (χ1) is 24.8. The molecule has 1 nitrogen and oxygen atoms in total. The largest absolute Gasteiger partial charge is 0.310 e. The maximum atomic E-state index is 2.66. The van der Waals surface area contributed by atoms with Gasteiger partial charge in [-0.25, -0.2) is 0 Å². The SMILES string of the molecule is c1ccc2c(c1)B1c3ccc4sc5ccccc5c4c3N(c3cccc4sc5ccccc5c34)c3cc(-c4cccc5ccccc45)cc-2c31. The molecule has 2 aromatic heterocycles. The van der Waals surface area contributed by atoms with Crippen molar-refractivity contribution in [2.24, 2.45) is 0 Å². The van der Waals surface area contributed by atoms with E-state index in [4.69, 9.17) is 0 Å². The molecule has 0 atom stereocenters. The Labute approximate surface area is 297 Å². The van der Waals surface area contributed by atoms with E-state index in [9.17, 15) is 0 Å². The average Bonchev–Trinajstić information content (AvgIpc) is 3.85. The van der Waals surface area contributed by atoms with Crippen LogP contribution in [0.15, 0.2) is 158 Å². The molecule has 2 aliphatic rings. The fourth-order valence-electron chi connectivity index (χ4n) is 9.06. The van der Waals surface area contributed by atoms with Crippen LogP contribution in [0.3, 0.4) is 0 Å². The molecule has 230 valence electrons. The molecule has 0 spiro atoms. The van der Waals surface area contributed by atoms with Crippen LogP contribution in [0.5, 0.6) is 0 Å². The maximum absolute atomic E-state index is 2.66. The summed E-state index contributed by atoms with van der Waals surface area (Å²) in [6.45, 7) is 0.158. The molecule has 50 heavy (non-hydrogen) atoms. The van der Waals surface area contributed by atoms with E-state index in [0.29, 0.717) is 0 Å². The van der Waals surface area contributed by atoms with E-state index < -0.39 is 0 Å². The van der Waals surface area contributed by atoms with Gasteiger partial charge in [-0.1, -0.05) is 121 Å². The van der Waals surface area contributed by atoms with Gasteiger partial charge in [0, 0.05) is 46.0 Å². The summed E-state index contributed by atoms with van der Waals surface area (Å²) < 4.78 is 5.31. The lowest BCUT2D eigenvalue weighted by Gasteiger charge is -2.37. The van der Waals surface area contributed by atoms with Crippen molar-refractivity contribution in [1.82, 2.24) is 0 Å². The Morgan fingerprint density at radius 2 is 1.06 bits per heavy atom. The molecular weight excluding hydrogens is 641 g/mol. The second-order valence-corrected chi connectivity index (χ2v) is 15.7. The second kappa shape index (κ2) is 9.95. The monoisotopic (exact) mass is 667 g/mol. The molecule has 0 saturated heterocycles. The zero-order valence-electron chi connectivity index (χ0n) is 26.9. The van der Waals surface area contributed by atoms with Crippen molar-refractivity contribution < 1.29 is 0 Å². The first-order valence-corrected chi connectivity index (χ1v) is 18.8. The number of nitrogens with zero attached hydrogens (tertiary/aromatic N) is 1. The fraction of sp³-hybridized carbons (Fsp3) is 0. The van der Waals surface area contributed by atoms with Gasteiger partial charge in [0.2, 0.25) is 6.71 Å². The van der Waals surface area contributed by atoms with Gasteiger partial charge in [0.15, 0.2) is 0 Å². The Hall–Kier alpha value is -5.68. The second-order valence-electron chi connectivity index (χ2n) is 13.6. The number of anilines is 3. The standard InChI is InChI=1S/C46H26BNS2/c1-2-13-29-27(11-1)12-9-17-30(29)28-25-34-31-14-3-6-18-35(31)47-36-23-24-42-44(33-16-5-8-21-40(33)50-42)46(36)48(38(26-28)45(34)47)37-19-10-22-41-43(37)32-15-4-7-20-39(32)49-41/h1-26H. The van der Waals surface area contributed by atoms with Gasteiger partial charge >= 0.3 is 0 Å². The van der Waals surface area contributed by atoms with Crippen LogP contribution < -0.4 is 21.3 Å². The first-order valence-electron chi connectivity index (χ1n) is 17.2. The van der Waals surface area contributed by atoms with Crippen molar-refractivity contribution >= 4 is 114 Å². The topological polar surface area (TPSA) is 3.24 Å². The Morgan fingerprint density at radius 3 is 1.92 bits per heavy atom. The van der Waals surface area contributed by atoms with E-state index >= 15 is 0 Å². The minimum absolute atomic E-state index is 0.158. The first kappa shape index (κ1) is 27.2. The van der Waals surface area contributed by atoms with E-state index in [0.717, 1.165) is 0 Å². The van der Waals surface area contributed by atoms with Crippen molar-refractivity contribution in [3.8, 4) is 22.3 Å². The molecule has 0 unspecified atom stereocenters. The highest BCUT2D eigenvalue weighted by Gasteiger charge is 2.44. The number of thiophene rings is 2. The van der Waals surface area contributed by atoms with Crippen molar-refractivity contribution in [1.29, 1.82) is 0 Å². The highest BCUT2D eigenvalue weighted by Crippen LogP contribution is 2.51. The van der Waals surface area contributed by atoms with Crippen LogP contribution in [0.25, 0.3) is 73.4 Å². The molecule has 2 aliphatic heterocycles. The zero-order chi connectivity index (χ0) is 32.5. The molecular formula is C46H26BNS2. The van der Waals surface area contributed by atoms with E-state index in [2.05, 4.69) is 163 Å². The van der Waals surface area contributed by atoms with Gasteiger partial charge in [-0.2, -0.15) is 0 Å². The van der Waals surface area contributed by atoms with Gasteiger partial charge in [-0.3, -0.25) is 0 Å². The lowest BCUT2D eigenvalue weighted by Crippen LogP contribution is -2.54. The highest BCUT2D eigenvalue weighted by molar-refractivity contribution is 7.26. The van der Waals surface area contributed by atoms with Gasteiger partial charge in [0.25, 0.3) is 0 Å². The number of benzene rings is 8. The number of hydrogen-bond acceptors (Lipinski definition) is 3. The van der Waals surface area contributed by atoms with Gasteiger partial charge in [0.1, 0.15) is 0 Å². The van der Waals surface area contributed by atoms with Crippen molar-refractivity contribution in [3.05, 3.63) is 158 Å². The summed E-state index contributed by atoms with van der Waals surface area (Å²) in [4.78, 5) is 2.66. The van der Waals surface area contributed by atoms with Gasteiger partial charge < -0.3 is 4.90 Å². The molecule has 0 saturated carbocycles. The minimum atomic E-state index is 0.158. The van der Waals surface area contributed by atoms with Crippen LogP contribution in [0.4, 0.5) is 17.1 Å². The summed E-state index contributed by atoms with van der Waals surface area (Å²) in [5, 5.41) is 7.88. The Kier molecular flexibility index (Phi) is 5.41. The zero-order valence-corrected chi connectivity index (χ0v) is 28.5. The predicted molar refractivity (Wildman–Crippen MR) is 220 cm³/mol. The smallest absolute Gasteiger partial charge is 0.248 e. The van der Waals surface area contributed by atoms with Crippen LogP contribution in [-0.2, 0) is 0 Å². The highest BCUT2D eigenvalue weighted by atomic mass is 32.1. The number of fused-ring (bicyclic) bond motifs is 13. The summed E-state index contributed by atoms with van der Waals surface area (Å²) in [7, 11) is 0. The molecule has 0 N–H and O–H groups in total. The Balaban J connectivity index is 1.28. The van der Waals surface area contributed by atoms with Crippen LogP contribution in [0.1, 0.15) is 0 Å². The lowest BCUT2D eigenvalue weighted by molar-refractivity contribution is 1.33. The van der Waals surface area contributed by atoms with E-state index in [1.165, 1.54) is 107 Å². The number of hydrogen-bond donors (Lipinski definition) is 0. The van der Waals surface area contributed by atoms with Crippen molar-refractivity contribution in [2.75, 3.05) is 4.90 Å². The molecule has 4 heterocycles. The quantitative estimate of drug-likeness (QED) is 0.166. The molecule has 10 aromatic rings. The summed E-state index contributed by atoms with van der Waals surface area (Å²) in [5.74, 6) is 0. The minimum Gasteiger partial charge on any atom is -0.310 e. The van der Waals surface area contributed by atoms with Gasteiger partial charge in [-0.05, 0) is 86.4 Å². The van der Waals surface area contributed by atoms with Crippen LogP contribution in [-0.4, -0.2) is 6.71 Å². The normalized spacial score (nSPS) is 13.1. The molecule has 0 aliphatic carbocycles. The fourth-order valence-corrected chi connectivity index (χ4v) is 11.3. The van der Waals surface area contributed by atoms with Gasteiger partial charge in [0.05, 0.1) is 11.4 Å². The third-order valence-electron chi connectivity index (χ3n) is 11.1. The molecule has 0 bridgehead atoms.